The van der Waals surface area contributed by atoms with Crippen LogP contribution in [0.3, 0.4) is 0 Å². The number of phenolic OH excluding ortho intramolecular Hbond substituents is 2. The van der Waals surface area contributed by atoms with E-state index in [4.69, 9.17) is 29.4 Å². The summed E-state index contributed by atoms with van der Waals surface area (Å²) in [6.07, 6.45) is -2.03. The Labute approximate surface area is 258 Å². The molecule has 0 aromatic heterocycles. The third-order valence-corrected chi connectivity index (χ3v) is 9.22. The largest absolute Gasteiger partial charge is 0.507 e. The molecule has 45 heavy (non-hydrogen) atoms. The Hall–Kier alpha value is -3.43. The number of methoxy groups -OCH3 is 1. The number of hydrogen-bond acceptors (Lipinski definition) is 13. The van der Waals surface area contributed by atoms with Crippen LogP contribution in [0.15, 0.2) is 18.2 Å². The minimum absolute atomic E-state index is 0.0409. The van der Waals surface area contributed by atoms with Crippen molar-refractivity contribution in [2.45, 2.75) is 88.0 Å². The topological polar surface area (TPSA) is 204 Å². The summed E-state index contributed by atoms with van der Waals surface area (Å²) in [5.41, 5.74) is 2.98. The number of ketones is 3. The van der Waals surface area contributed by atoms with E-state index < -0.39 is 102 Å². The minimum atomic E-state index is -2.24. The first kappa shape index (κ1) is 31.5. The molecular formula is C32H37NO12. The van der Waals surface area contributed by atoms with Gasteiger partial charge in [0.25, 0.3) is 0 Å². The zero-order chi connectivity index (χ0) is 32.2. The van der Waals surface area contributed by atoms with Crippen LogP contribution in [-0.4, -0.2) is 94.5 Å². The molecule has 2 saturated heterocycles. The van der Waals surface area contributed by atoms with Crippen LogP contribution in [0.1, 0.15) is 88.1 Å². The molecule has 2 aliphatic heterocycles. The second kappa shape index (κ2) is 12.1. The normalized spacial score (nSPS) is 31.1. The van der Waals surface area contributed by atoms with Crippen molar-refractivity contribution in [3.05, 3.63) is 51.6 Å². The van der Waals surface area contributed by atoms with E-state index in [9.17, 15) is 34.8 Å². The lowest BCUT2D eigenvalue weighted by Crippen LogP contribution is -2.55. The zero-order valence-corrected chi connectivity index (χ0v) is 25.0. The molecule has 2 aromatic carbocycles. The van der Waals surface area contributed by atoms with Crippen LogP contribution in [0.4, 0.5) is 0 Å². The van der Waals surface area contributed by atoms with Crippen molar-refractivity contribution < 1.29 is 58.5 Å². The maximum absolute atomic E-state index is 13.8. The maximum Gasteiger partial charge on any atom is 0.202 e. The Morgan fingerprint density at radius 2 is 1.82 bits per heavy atom. The Morgan fingerprint density at radius 1 is 1.07 bits per heavy atom. The molecule has 2 heterocycles. The quantitative estimate of drug-likeness (QED) is 0.236. The Balaban J connectivity index is 1.38. The van der Waals surface area contributed by atoms with Crippen LogP contribution < -0.4 is 10.5 Å². The number of Topliss-reactive ketones (excluding diaryl/α,β-unsaturated/α-hetero) is 1. The van der Waals surface area contributed by atoms with Crippen molar-refractivity contribution in [2.75, 3.05) is 20.3 Å². The Kier molecular flexibility index (Phi) is 8.46. The summed E-state index contributed by atoms with van der Waals surface area (Å²) in [4.78, 5) is 40.2. The average Bonchev–Trinajstić information content (AvgIpc) is 3.02. The molecule has 0 radical (unpaired) electrons. The molecule has 6 rings (SSSR count). The Bertz CT molecular complexity index is 1520. The smallest absolute Gasteiger partial charge is 0.202 e. The molecule has 0 amide bonds. The van der Waals surface area contributed by atoms with Crippen molar-refractivity contribution in [2.24, 2.45) is 5.73 Å². The number of ether oxygens (including phenoxy) is 5. The molecule has 6 N–H and O–H groups in total. The molecule has 4 aliphatic rings. The van der Waals surface area contributed by atoms with E-state index in [1.54, 1.807) is 6.92 Å². The van der Waals surface area contributed by atoms with Gasteiger partial charge in [0.1, 0.15) is 35.6 Å². The zero-order valence-electron chi connectivity index (χ0n) is 25.0. The van der Waals surface area contributed by atoms with E-state index in [-0.39, 0.29) is 34.4 Å². The van der Waals surface area contributed by atoms with Gasteiger partial charge in [-0.1, -0.05) is 12.1 Å². The second-order valence-corrected chi connectivity index (χ2v) is 12.1. The first-order valence-electron chi connectivity index (χ1n) is 15.1. The minimum Gasteiger partial charge on any atom is -0.507 e. The molecule has 7 atom stereocenters. The van der Waals surface area contributed by atoms with Gasteiger partial charge >= 0.3 is 0 Å². The molecule has 0 bridgehead atoms. The van der Waals surface area contributed by atoms with Crippen LogP contribution >= 0.6 is 0 Å². The molecular weight excluding hydrogens is 590 g/mol. The van der Waals surface area contributed by atoms with Crippen molar-refractivity contribution in [3.63, 3.8) is 0 Å². The number of carbonyl (C=O) groups excluding carboxylic acids is 3. The fourth-order valence-electron chi connectivity index (χ4n) is 6.95. The van der Waals surface area contributed by atoms with E-state index in [0.717, 1.165) is 19.3 Å². The number of fused-ring (bicyclic) bond motifs is 3. The molecule has 0 saturated carbocycles. The van der Waals surface area contributed by atoms with E-state index in [0.29, 0.717) is 6.61 Å². The van der Waals surface area contributed by atoms with Gasteiger partial charge in [0.05, 0.1) is 36.0 Å². The van der Waals surface area contributed by atoms with Crippen LogP contribution in [0, 0.1) is 0 Å². The summed E-state index contributed by atoms with van der Waals surface area (Å²) in [5, 5.41) is 44.2. The number of rotatable bonds is 7. The fourth-order valence-corrected chi connectivity index (χ4v) is 6.95. The average molecular weight is 628 g/mol. The fraction of sp³-hybridized carbons (Fsp3) is 0.531. The van der Waals surface area contributed by atoms with E-state index in [1.165, 1.54) is 25.3 Å². The number of nitrogens with two attached hydrogens (primary N) is 1. The van der Waals surface area contributed by atoms with Gasteiger partial charge in [-0.25, -0.2) is 0 Å². The highest BCUT2D eigenvalue weighted by Gasteiger charge is 2.50. The molecule has 242 valence electrons. The van der Waals surface area contributed by atoms with Gasteiger partial charge in [0.15, 0.2) is 24.1 Å². The first-order valence-corrected chi connectivity index (χ1v) is 15.1. The highest BCUT2D eigenvalue weighted by molar-refractivity contribution is 6.31. The van der Waals surface area contributed by atoms with Gasteiger partial charge < -0.3 is 49.8 Å². The molecule has 2 aromatic rings. The van der Waals surface area contributed by atoms with Crippen molar-refractivity contribution in [1.29, 1.82) is 0 Å². The summed E-state index contributed by atoms with van der Waals surface area (Å²) in [7, 11) is 1.34. The van der Waals surface area contributed by atoms with Crippen LogP contribution in [0.25, 0.3) is 0 Å². The summed E-state index contributed by atoms with van der Waals surface area (Å²) >= 11 is 0. The number of aromatic hydroxyl groups is 2. The van der Waals surface area contributed by atoms with Crippen molar-refractivity contribution in [1.82, 2.24) is 0 Å². The van der Waals surface area contributed by atoms with Gasteiger partial charge in [-0.05, 0) is 32.3 Å². The van der Waals surface area contributed by atoms with Gasteiger partial charge in [0.2, 0.25) is 5.78 Å². The first-order chi connectivity index (χ1) is 21.5. The summed E-state index contributed by atoms with van der Waals surface area (Å²) in [6.45, 7) is 1.35. The Morgan fingerprint density at radius 3 is 2.49 bits per heavy atom. The van der Waals surface area contributed by atoms with Gasteiger partial charge in [-0.2, -0.15) is 0 Å². The van der Waals surface area contributed by atoms with E-state index in [2.05, 4.69) is 0 Å². The van der Waals surface area contributed by atoms with Gasteiger partial charge in [0, 0.05) is 48.6 Å². The van der Waals surface area contributed by atoms with Gasteiger partial charge in [-0.3, -0.25) is 14.4 Å². The molecule has 2 fully saturated rings. The molecule has 13 heteroatoms. The highest BCUT2D eigenvalue weighted by Crippen LogP contribution is 2.52. The van der Waals surface area contributed by atoms with Crippen molar-refractivity contribution >= 4 is 17.3 Å². The lowest BCUT2D eigenvalue weighted by molar-refractivity contribution is -0.281. The number of carbonyl (C=O) groups is 3. The van der Waals surface area contributed by atoms with E-state index >= 15 is 0 Å². The third-order valence-electron chi connectivity index (χ3n) is 9.22. The summed E-state index contributed by atoms with van der Waals surface area (Å²) in [6, 6.07) is 3.86. The van der Waals surface area contributed by atoms with Crippen LogP contribution in [0.2, 0.25) is 0 Å². The van der Waals surface area contributed by atoms with Crippen LogP contribution in [0.5, 0.6) is 17.2 Å². The predicted molar refractivity (Wildman–Crippen MR) is 154 cm³/mol. The molecule has 0 spiro atoms. The third kappa shape index (κ3) is 5.31. The summed E-state index contributed by atoms with van der Waals surface area (Å²) < 4.78 is 29.5. The highest BCUT2D eigenvalue weighted by atomic mass is 16.7. The number of phenols is 2. The monoisotopic (exact) mass is 627 g/mol. The van der Waals surface area contributed by atoms with Gasteiger partial charge in [-0.15, -0.1) is 0 Å². The van der Waals surface area contributed by atoms with E-state index in [1.807, 2.05) is 0 Å². The maximum atomic E-state index is 13.8. The molecule has 13 nitrogen and oxygen atoms in total. The summed E-state index contributed by atoms with van der Waals surface area (Å²) in [5.74, 6) is -3.67. The standard InChI is InChI=1S/C32H37NO12/c1-14-31(45-21-8-3-4-9-42-21)17(33)10-22(43-14)44-19-12-32(40,20(35)13-34)11-16-24(19)30(39)26-25(28(16)37)27(36)15-6-5-7-18(41-2)23(15)29(26)38/h5-7,14,17,19,21-22,31,34,37,39-40H,3-4,8-13,33H2,1-2H3/t14-,17+,19+,21+,22-,31-,32+/m1/s1. The molecule has 2 aliphatic carbocycles. The lowest BCUT2D eigenvalue weighted by Gasteiger charge is -2.43. The number of benzene rings is 2. The molecule has 0 unspecified atom stereocenters. The number of hydrogen-bond donors (Lipinski definition) is 5. The lowest BCUT2D eigenvalue weighted by atomic mass is 9.72. The number of aliphatic hydroxyl groups is 2. The van der Waals surface area contributed by atoms with Crippen molar-refractivity contribution in [3.8, 4) is 17.2 Å². The van der Waals surface area contributed by atoms with Crippen LogP contribution in [-0.2, 0) is 30.2 Å². The second-order valence-electron chi connectivity index (χ2n) is 12.1. The SMILES string of the molecule is COc1cccc2c1C(=O)c1c(O)c3c(c(O)c1C2=O)C[C@@](O)(C(=O)CO)C[C@@H]3O[C@@H]1C[C@H](N)[C@H](O[C@H]2CCCCO2)[C@@H](C)O1. The number of aliphatic hydroxyl groups excluding tert-OH is 1. The predicted octanol–water partition coefficient (Wildman–Crippen LogP) is 1.55.